The summed E-state index contributed by atoms with van der Waals surface area (Å²) < 4.78 is 71.9. The van der Waals surface area contributed by atoms with Crippen molar-refractivity contribution in [2.75, 3.05) is 0 Å². The van der Waals surface area contributed by atoms with E-state index in [0.29, 0.717) is 0 Å². The monoisotopic (exact) mass is 372 g/mol. The quantitative estimate of drug-likeness (QED) is 0.547. The Kier molecular flexibility index (Phi) is 4.05. The molecule has 0 rings (SSSR count). The SMILES string of the molecule is FC(F)(F)[O][Hg][O]C(F)(F)F. The van der Waals surface area contributed by atoms with Crippen LogP contribution in [0.4, 0.5) is 26.3 Å². The van der Waals surface area contributed by atoms with E-state index < -0.39 is 38.2 Å². The summed E-state index contributed by atoms with van der Waals surface area (Å²) in [6.45, 7) is 0. The van der Waals surface area contributed by atoms with Crippen molar-refractivity contribution in [3.63, 3.8) is 0 Å². The molecular formula is C2F6HgO2. The summed E-state index contributed by atoms with van der Waals surface area (Å²) in [6, 6.07) is 0. The zero-order chi connectivity index (χ0) is 9.12. The predicted octanol–water partition coefficient (Wildman–Crippen LogP) is 1.97. The fraction of sp³-hybridized carbons (Fsp3) is 1.00. The van der Waals surface area contributed by atoms with E-state index in [0.717, 1.165) is 0 Å². The molecule has 0 N–H and O–H groups in total. The maximum atomic E-state index is 11.0. The van der Waals surface area contributed by atoms with E-state index in [2.05, 4.69) is 5.29 Å². The standard InChI is InChI=1S/2CF3O.Hg/c2*2-1(3,4)5;/q2*-1;+2. The van der Waals surface area contributed by atoms with Gasteiger partial charge in [-0.05, 0) is 0 Å². The van der Waals surface area contributed by atoms with Gasteiger partial charge in [0.15, 0.2) is 0 Å². The number of alkyl halides is 6. The van der Waals surface area contributed by atoms with E-state index in [-0.39, 0.29) is 0 Å². The number of rotatable bonds is 2. The van der Waals surface area contributed by atoms with Crippen LogP contribution in [0.1, 0.15) is 0 Å². The molecule has 0 spiro atoms. The molecular weight excluding hydrogens is 371 g/mol. The van der Waals surface area contributed by atoms with Crippen LogP contribution >= 0.6 is 0 Å². The average Bonchev–Trinajstić information content (AvgIpc) is 1.55. The van der Waals surface area contributed by atoms with E-state index in [1.807, 2.05) is 0 Å². The predicted molar refractivity (Wildman–Crippen MR) is 14.3 cm³/mol. The van der Waals surface area contributed by atoms with E-state index in [1.54, 1.807) is 0 Å². The van der Waals surface area contributed by atoms with E-state index in [4.69, 9.17) is 0 Å². The first-order chi connectivity index (χ1) is 4.71. The molecule has 0 saturated carbocycles. The normalized spacial score (nSPS) is 12.9. The number of hydrogen-bond acceptors (Lipinski definition) is 2. The van der Waals surface area contributed by atoms with E-state index in [1.165, 1.54) is 0 Å². The Morgan fingerprint density at radius 2 is 1.00 bits per heavy atom. The molecule has 0 bridgehead atoms. The number of halogens is 6. The molecule has 0 aromatic heterocycles. The summed E-state index contributed by atoms with van der Waals surface area (Å²) in [6.07, 6.45) is -10.0. The van der Waals surface area contributed by atoms with Crippen LogP contribution in [-0.4, -0.2) is 12.7 Å². The molecule has 0 atom stereocenters. The Morgan fingerprint density at radius 3 is 1.18 bits per heavy atom. The Bertz CT molecular complexity index is 103. The van der Waals surface area contributed by atoms with Gasteiger partial charge in [-0.2, -0.15) is 0 Å². The molecule has 0 radical (unpaired) electrons. The van der Waals surface area contributed by atoms with Gasteiger partial charge in [-0.1, -0.05) is 0 Å². The van der Waals surface area contributed by atoms with Crippen molar-refractivity contribution in [1.82, 2.24) is 0 Å². The van der Waals surface area contributed by atoms with Gasteiger partial charge in [0, 0.05) is 0 Å². The summed E-state index contributed by atoms with van der Waals surface area (Å²) >= 11 is -3.75. The van der Waals surface area contributed by atoms with Crippen LogP contribution in [0.5, 0.6) is 0 Å². The molecule has 0 fully saturated rings. The van der Waals surface area contributed by atoms with Gasteiger partial charge in [-0.15, -0.1) is 0 Å². The molecule has 0 aromatic rings. The van der Waals surface area contributed by atoms with Crippen LogP contribution in [0.25, 0.3) is 0 Å². The molecule has 64 valence electrons. The van der Waals surface area contributed by atoms with Gasteiger partial charge in [0.2, 0.25) is 0 Å². The van der Waals surface area contributed by atoms with Crippen molar-refractivity contribution >= 4 is 0 Å². The fourth-order valence-corrected chi connectivity index (χ4v) is 1.43. The van der Waals surface area contributed by atoms with Crippen LogP contribution in [0.15, 0.2) is 0 Å². The van der Waals surface area contributed by atoms with Gasteiger partial charge in [-0.25, -0.2) is 0 Å². The third kappa shape index (κ3) is 10.4. The average molecular weight is 371 g/mol. The van der Waals surface area contributed by atoms with Crippen LogP contribution in [-0.2, 0) is 30.8 Å². The van der Waals surface area contributed by atoms with E-state index in [9.17, 15) is 26.3 Å². The van der Waals surface area contributed by atoms with Crippen LogP contribution in [0.2, 0.25) is 0 Å². The third-order valence-electron chi connectivity index (χ3n) is 0.445. The van der Waals surface area contributed by atoms with Crippen LogP contribution < -0.4 is 0 Å². The molecule has 0 aliphatic heterocycles. The molecule has 11 heavy (non-hydrogen) atoms. The zero-order valence-corrected chi connectivity index (χ0v) is 10.3. The Hall–Kier alpha value is 0.435. The van der Waals surface area contributed by atoms with Gasteiger partial charge < -0.3 is 0 Å². The van der Waals surface area contributed by atoms with Gasteiger partial charge in [0.1, 0.15) is 0 Å². The Labute approximate surface area is 70.2 Å². The van der Waals surface area contributed by atoms with Gasteiger partial charge in [0.25, 0.3) is 0 Å². The second-order valence-corrected chi connectivity index (χ2v) is 4.46. The molecule has 0 aliphatic rings. The summed E-state index contributed by atoms with van der Waals surface area (Å²) in [5.41, 5.74) is 0. The van der Waals surface area contributed by atoms with Gasteiger partial charge in [-0.3, -0.25) is 0 Å². The van der Waals surface area contributed by atoms with Crippen molar-refractivity contribution in [1.29, 1.82) is 0 Å². The molecule has 0 saturated heterocycles. The minimum atomic E-state index is -5.01. The maximum absolute atomic E-state index is 11.0. The van der Waals surface area contributed by atoms with Crippen molar-refractivity contribution < 1.29 is 57.1 Å². The molecule has 0 heterocycles. The van der Waals surface area contributed by atoms with Gasteiger partial charge in [0.05, 0.1) is 0 Å². The number of hydrogen-bond donors (Lipinski definition) is 0. The van der Waals surface area contributed by atoms with E-state index >= 15 is 0 Å². The Morgan fingerprint density at radius 1 is 0.727 bits per heavy atom. The minimum absolute atomic E-state index is 2.89. The summed E-state index contributed by atoms with van der Waals surface area (Å²) in [4.78, 5) is 0. The Balaban J connectivity index is 3.44. The molecule has 0 unspecified atom stereocenters. The summed E-state index contributed by atoms with van der Waals surface area (Å²) in [5.74, 6) is 0. The molecule has 0 aliphatic carbocycles. The first-order valence-corrected chi connectivity index (χ1v) is 6.61. The van der Waals surface area contributed by atoms with Crippen LogP contribution in [0, 0.1) is 0 Å². The van der Waals surface area contributed by atoms with Gasteiger partial charge >= 0.3 is 69.8 Å². The fourth-order valence-electron chi connectivity index (χ4n) is 0.163. The zero-order valence-electron chi connectivity index (χ0n) is 4.79. The summed E-state index contributed by atoms with van der Waals surface area (Å²) in [5, 5.41) is 0. The molecule has 2 nitrogen and oxygen atoms in total. The van der Waals surface area contributed by atoms with Crippen LogP contribution in [0.3, 0.4) is 0 Å². The topological polar surface area (TPSA) is 18.5 Å². The summed E-state index contributed by atoms with van der Waals surface area (Å²) in [7, 11) is 0. The van der Waals surface area contributed by atoms with Crippen molar-refractivity contribution in [2.24, 2.45) is 0 Å². The first-order valence-electron chi connectivity index (χ1n) is 2.12. The molecule has 0 aromatic carbocycles. The second kappa shape index (κ2) is 3.90. The first kappa shape index (κ1) is 11.4. The molecule has 9 heteroatoms. The van der Waals surface area contributed by atoms with Crippen molar-refractivity contribution in [3.8, 4) is 0 Å². The molecule has 0 amide bonds. The second-order valence-electron chi connectivity index (χ2n) is 1.30. The van der Waals surface area contributed by atoms with Crippen molar-refractivity contribution in [2.45, 2.75) is 12.7 Å². The third-order valence-corrected chi connectivity index (χ3v) is 3.91. The van der Waals surface area contributed by atoms with Crippen molar-refractivity contribution in [3.05, 3.63) is 0 Å².